The number of esters is 1. The number of carbonyl (C=O) groups excluding carboxylic acids is 3. The van der Waals surface area contributed by atoms with Crippen LogP contribution in [-0.4, -0.2) is 51.2 Å². The highest BCUT2D eigenvalue weighted by Gasteiger charge is 2.25. The molecule has 1 aromatic heterocycles. The summed E-state index contributed by atoms with van der Waals surface area (Å²) in [6, 6.07) is 9.91. The third-order valence-electron chi connectivity index (χ3n) is 4.07. The summed E-state index contributed by atoms with van der Waals surface area (Å²) >= 11 is 0.960. The summed E-state index contributed by atoms with van der Waals surface area (Å²) in [7, 11) is 1.49. The van der Waals surface area contributed by atoms with Gasteiger partial charge in [0.15, 0.2) is 0 Å². The van der Waals surface area contributed by atoms with Crippen molar-refractivity contribution in [3.63, 3.8) is 0 Å². The van der Waals surface area contributed by atoms with Crippen LogP contribution in [0.2, 0.25) is 0 Å². The SMILES string of the molecule is COCCOC(=O)c1c(NC(=O)CNCCc2ccccc2)sc(C(N)=O)c1C. The first-order chi connectivity index (χ1) is 13.9. The average molecular weight is 420 g/mol. The Hall–Kier alpha value is -2.75. The van der Waals surface area contributed by atoms with Crippen molar-refractivity contribution in [1.29, 1.82) is 0 Å². The summed E-state index contributed by atoms with van der Waals surface area (Å²) in [5.74, 6) is -1.64. The third kappa shape index (κ3) is 6.67. The van der Waals surface area contributed by atoms with Gasteiger partial charge in [-0.1, -0.05) is 30.3 Å². The van der Waals surface area contributed by atoms with E-state index >= 15 is 0 Å². The zero-order valence-corrected chi connectivity index (χ0v) is 17.3. The fourth-order valence-electron chi connectivity index (χ4n) is 2.62. The summed E-state index contributed by atoms with van der Waals surface area (Å²) in [4.78, 5) is 36.5. The lowest BCUT2D eigenvalue weighted by Crippen LogP contribution is -2.29. The number of amides is 2. The molecular formula is C20H25N3O5S. The van der Waals surface area contributed by atoms with Crippen molar-refractivity contribution in [2.75, 3.05) is 38.7 Å². The standard InChI is InChI=1S/C20H25N3O5S/c1-13-16(20(26)28-11-10-27-2)19(29-17(13)18(21)25)23-15(24)12-22-9-8-14-6-4-3-5-7-14/h3-7,22H,8-12H2,1-2H3,(H2,21,25)(H,23,24). The molecule has 0 saturated heterocycles. The number of benzene rings is 1. The topological polar surface area (TPSA) is 120 Å². The molecule has 9 heteroatoms. The largest absolute Gasteiger partial charge is 0.460 e. The first-order valence-electron chi connectivity index (χ1n) is 9.07. The van der Waals surface area contributed by atoms with Gasteiger partial charge in [0.1, 0.15) is 11.6 Å². The zero-order valence-electron chi connectivity index (χ0n) is 16.4. The Kier molecular flexibility index (Phi) is 8.78. The number of methoxy groups -OCH3 is 1. The Morgan fingerprint density at radius 3 is 2.52 bits per heavy atom. The van der Waals surface area contributed by atoms with Crippen molar-refractivity contribution in [2.45, 2.75) is 13.3 Å². The van der Waals surface area contributed by atoms with Gasteiger partial charge in [-0.15, -0.1) is 11.3 Å². The number of hydrogen-bond donors (Lipinski definition) is 3. The van der Waals surface area contributed by atoms with Crippen molar-refractivity contribution in [3.05, 3.63) is 51.9 Å². The molecule has 0 bridgehead atoms. The van der Waals surface area contributed by atoms with Gasteiger partial charge in [-0.25, -0.2) is 4.79 Å². The first-order valence-corrected chi connectivity index (χ1v) is 9.89. The molecule has 8 nitrogen and oxygen atoms in total. The number of thiophene rings is 1. The number of carbonyl (C=O) groups is 3. The highest BCUT2D eigenvalue weighted by molar-refractivity contribution is 7.18. The summed E-state index contributed by atoms with van der Waals surface area (Å²) < 4.78 is 9.99. The van der Waals surface area contributed by atoms with Gasteiger partial charge in [0, 0.05) is 7.11 Å². The monoisotopic (exact) mass is 419 g/mol. The summed E-state index contributed by atoms with van der Waals surface area (Å²) in [6.45, 7) is 2.58. The van der Waals surface area contributed by atoms with Crippen LogP contribution in [0.15, 0.2) is 30.3 Å². The molecule has 2 amide bonds. The van der Waals surface area contributed by atoms with Crippen molar-refractivity contribution in [2.24, 2.45) is 5.73 Å². The molecule has 29 heavy (non-hydrogen) atoms. The van der Waals surface area contributed by atoms with E-state index in [2.05, 4.69) is 10.6 Å². The van der Waals surface area contributed by atoms with Gasteiger partial charge in [0.05, 0.1) is 23.6 Å². The molecule has 0 spiro atoms. The molecule has 0 atom stereocenters. The molecule has 0 radical (unpaired) electrons. The highest BCUT2D eigenvalue weighted by Crippen LogP contribution is 2.33. The van der Waals surface area contributed by atoms with Gasteiger partial charge in [-0.3, -0.25) is 9.59 Å². The maximum absolute atomic E-state index is 12.4. The molecule has 156 valence electrons. The molecule has 1 aromatic carbocycles. The van der Waals surface area contributed by atoms with Gasteiger partial charge < -0.3 is 25.8 Å². The van der Waals surface area contributed by atoms with Crippen LogP contribution in [-0.2, 0) is 20.7 Å². The van der Waals surface area contributed by atoms with Gasteiger partial charge in [0.25, 0.3) is 5.91 Å². The highest BCUT2D eigenvalue weighted by atomic mass is 32.1. The average Bonchev–Trinajstić information content (AvgIpc) is 3.02. The molecular weight excluding hydrogens is 394 g/mol. The Bertz CT molecular complexity index is 851. The number of anilines is 1. The molecule has 0 aliphatic heterocycles. The molecule has 0 aliphatic carbocycles. The summed E-state index contributed by atoms with van der Waals surface area (Å²) in [6.07, 6.45) is 0.787. The number of rotatable bonds is 11. The van der Waals surface area contributed by atoms with E-state index in [-0.39, 0.29) is 41.1 Å². The number of primary amides is 1. The van der Waals surface area contributed by atoms with E-state index in [9.17, 15) is 14.4 Å². The minimum atomic E-state index is -0.667. The molecule has 0 saturated carbocycles. The predicted molar refractivity (Wildman–Crippen MR) is 111 cm³/mol. The van der Waals surface area contributed by atoms with Crippen LogP contribution in [0.1, 0.15) is 31.2 Å². The Morgan fingerprint density at radius 2 is 1.86 bits per heavy atom. The molecule has 2 aromatic rings. The Labute approximate surface area is 173 Å². The number of ether oxygens (including phenoxy) is 2. The second-order valence-corrected chi connectivity index (χ2v) is 7.23. The number of nitrogens with one attached hydrogen (secondary N) is 2. The van der Waals surface area contributed by atoms with Gasteiger partial charge in [-0.2, -0.15) is 0 Å². The number of nitrogens with two attached hydrogens (primary N) is 1. The second-order valence-electron chi connectivity index (χ2n) is 6.21. The lowest BCUT2D eigenvalue weighted by Gasteiger charge is -2.09. The van der Waals surface area contributed by atoms with Crippen molar-refractivity contribution in [3.8, 4) is 0 Å². The number of hydrogen-bond acceptors (Lipinski definition) is 7. The van der Waals surface area contributed by atoms with Crippen LogP contribution >= 0.6 is 11.3 Å². The second kappa shape index (κ2) is 11.3. The fraction of sp³-hybridized carbons (Fsp3) is 0.350. The van der Waals surface area contributed by atoms with Crippen molar-refractivity contribution >= 4 is 34.1 Å². The van der Waals surface area contributed by atoms with E-state index in [4.69, 9.17) is 15.2 Å². The quantitative estimate of drug-likeness (QED) is 0.377. The van der Waals surface area contributed by atoms with E-state index in [0.717, 1.165) is 17.8 Å². The minimum Gasteiger partial charge on any atom is -0.460 e. The zero-order chi connectivity index (χ0) is 21.2. The van der Waals surface area contributed by atoms with Crippen molar-refractivity contribution < 1.29 is 23.9 Å². The Balaban J connectivity index is 1.98. The van der Waals surface area contributed by atoms with Crippen LogP contribution in [0.4, 0.5) is 5.00 Å². The lowest BCUT2D eigenvalue weighted by atomic mass is 10.1. The maximum atomic E-state index is 12.4. The van der Waals surface area contributed by atoms with E-state index in [1.54, 1.807) is 6.92 Å². The van der Waals surface area contributed by atoms with Gasteiger partial charge >= 0.3 is 5.97 Å². The van der Waals surface area contributed by atoms with E-state index < -0.39 is 11.9 Å². The maximum Gasteiger partial charge on any atom is 0.341 e. The molecule has 0 fully saturated rings. The van der Waals surface area contributed by atoms with Crippen LogP contribution < -0.4 is 16.4 Å². The van der Waals surface area contributed by atoms with Crippen LogP contribution in [0.25, 0.3) is 0 Å². The summed E-state index contributed by atoms with van der Waals surface area (Å²) in [5, 5.41) is 5.97. The van der Waals surface area contributed by atoms with E-state index in [1.807, 2.05) is 30.3 Å². The van der Waals surface area contributed by atoms with Crippen LogP contribution in [0.3, 0.4) is 0 Å². The Morgan fingerprint density at radius 1 is 1.14 bits per heavy atom. The molecule has 2 rings (SSSR count). The summed E-state index contributed by atoms with van der Waals surface area (Å²) in [5.41, 5.74) is 7.07. The first kappa shape index (κ1) is 22.5. The normalized spacial score (nSPS) is 10.6. The van der Waals surface area contributed by atoms with Gasteiger partial charge in [0.2, 0.25) is 5.91 Å². The molecule has 1 heterocycles. The molecule has 0 aliphatic rings. The van der Waals surface area contributed by atoms with Crippen molar-refractivity contribution in [1.82, 2.24) is 5.32 Å². The van der Waals surface area contributed by atoms with Crippen LogP contribution in [0, 0.1) is 6.92 Å². The molecule has 4 N–H and O–H groups in total. The smallest absolute Gasteiger partial charge is 0.341 e. The van der Waals surface area contributed by atoms with Gasteiger partial charge in [-0.05, 0) is 31.0 Å². The van der Waals surface area contributed by atoms with E-state index in [1.165, 1.54) is 12.7 Å². The third-order valence-corrected chi connectivity index (χ3v) is 5.29. The lowest BCUT2D eigenvalue weighted by molar-refractivity contribution is -0.115. The predicted octanol–water partition coefficient (Wildman–Crippen LogP) is 1.73. The minimum absolute atomic E-state index is 0.0605. The fourth-order valence-corrected chi connectivity index (χ4v) is 3.69. The molecule has 0 unspecified atom stereocenters. The van der Waals surface area contributed by atoms with E-state index in [0.29, 0.717) is 12.1 Å². The van der Waals surface area contributed by atoms with Crippen LogP contribution in [0.5, 0.6) is 0 Å².